The van der Waals surface area contributed by atoms with E-state index in [-0.39, 0.29) is 23.3 Å². The van der Waals surface area contributed by atoms with Crippen LogP contribution in [0.1, 0.15) is 57.7 Å². The van der Waals surface area contributed by atoms with Gasteiger partial charge in [-0.05, 0) is 29.4 Å². The number of amides is 1. The van der Waals surface area contributed by atoms with Gasteiger partial charge in [-0.15, -0.1) is 0 Å². The maximum Gasteiger partial charge on any atom is 0.225 e. The van der Waals surface area contributed by atoms with Crippen LogP contribution >= 0.6 is 0 Å². The van der Waals surface area contributed by atoms with Gasteiger partial charge in [-0.2, -0.15) is 0 Å². The van der Waals surface area contributed by atoms with Crippen molar-refractivity contribution in [1.82, 2.24) is 4.90 Å². The Labute approximate surface area is 116 Å². The quantitative estimate of drug-likeness (QED) is 0.788. The van der Waals surface area contributed by atoms with Gasteiger partial charge in [-0.3, -0.25) is 4.79 Å². The van der Waals surface area contributed by atoms with Crippen molar-refractivity contribution in [3.05, 3.63) is 35.4 Å². The van der Waals surface area contributed by atoms with Crippen molar-refractivity contribution in [2.24, 2.45) is 5.92 Å². The van der Waals surface area contributed by atoms with Crippen LogP contribution in [0.4, 0.5) is 0 Å². The van der Waals surface area contributed by atoms with E-state index < -0.39 is 0 Å². The molecule has 1 aliphatic rings. The minimum absolute atomic E-state index is 0.0621. The van der Waals surface area contributed by atoms with E-state index in [1.54, 1.807) is 0 Å². The molecule has 0 aliphatic heterocycles. The van der Waals surface area contributed by atoms with Gasteiger partial charge >= 0.3 is 0 Å². The molecule has 1 unspecified atom stereocenters. The van der Waals surface area contributed by atoms with Crippen LogP contribution in [0.5, 0.6) is 0 Å². The maximum absolute atomic E-state index is 12.2. The van der Waals surface area contributed by atoms with Gasteiger partial charge in [0.1, 0.15) is 0 Å². The summed E-state index contributed by atoms with van der Waals surface area (Å²) in [4.78, 5) is 14.2. The van der Waals surface area contributed by atoms with E-state index in [1.165, 1.54) is 11.1 Å². The van der Waals surface area contributed by atoms with Gasteiger partial charge in [0.25, 0.3) is 0 Å². The third-order valence-corrected chi connectivity index (χ3v) is 4.40. The molecule has 1 aromatic carbocycles. The third kappa shape index (κ3) is 2.54. The molecule has 1 aromatic rings. The summed E-state index contributed by atoms with van der Waals surface area (Å²) in [5.74, 6) is 0.298. The summed E-state index contributed by atoms with van der Waals surface area (Å²) >= 11 is 0. The van der Waals surface area contributed by atoms with Crippen LogP contribution in [-0.2, 0) is 10.2 Å². The van der Waals surface area contributed by atoms with Crippen molar-refractivity contribution in [2.45, 2.75) is 52.0 Å². The predicted octanol–water partition coefficient (Wildman–Crippen LogP) is 3.91. The highest BCUT2D eigenvalue weighted by Gasteiger charge is 2.35. The van der Waals surface area contributed by atoms with Crippen molar-refractivity contribution in [2.75, 3.05) is 7.05 Å². The number of carbonyl (C=O) groups is 1. The molecule has 0 aromatic heterocycles. The van der Waals surface area contributed by atoms with Crippen molar-refractivity contribution >= 4 is 5.91 Å². The van der Waals surface area contributed by atoms with Gasteiger partial charge in [-0.25, -0.2) is 0 Å². The van der Waals surface area contributed by atoms with Gasteiger partial charge in [0.05, 0.1) is 6.04 Å². The smallest absolute Gasteiger partial charge is 0.225 e. The first-order chi connectivity index (χ1) is 8.84. The molecule has 1 atom stereocenters. The number of carbonyl (C=O) groups excluding carboxylic acids is 1. The molecule has 0 spiro atoms. The summed E-state index contributed by atoms with van der Waals surface area (Å²) in [6.45, 7) is 8.54. The molecule has 104 valence electrons. The van der Waals surface area contributed by atoms with Crippen molar-refractivity contribution < 1.29 is 4.79 Å². The van der Waals surface area contributed by atoms with Gasteiger partial charge in [0.15, 0.2) is 0 Å². The van der Waals surface area contributed by atoms with E-state index in [0.717, 1.165) is 12.8 Å². The highest BCUT2D eigenvalue weighted by Crippen LogP contribution is 2.43. The highest BCUT2D eigenvalue weighted by molar-refractivity contribution is 5.78. The van der Waals surface area contributed by atoms with E-state index in [1.807, 2.05) is 25.8 Å². The Morgan fingerprint density at radius 3 is 2.58 bits per heavy atom. The Balaban J connectivity index is 2.38. The zero-order chi connectivity index (χ0) is 14.2. The second kappa shape index (κ2) is 4.99. The molecule has 0 saturated heterocycles. The number of nitrogens with zero attached hydrogens (tertiary/aromatic N) is 1. The summed E-state index contributed by atoms with van der Waals surface area (Å²) in [5.41, 5.74) is 2.94. The topological polar surface area (TPSA) is 20.3 Å². The summed E-state index contributed by atoms with van der Waals surface area (Å²) < 4.78 is 0. The molecule has 19 heavy (non-hydrogen) atoms. The highest BCUT2D eigenvalue weighted by atomic mass is 16.2. The Morgan fingerprint density at radius 2 is 1.95 bits per heavy atom. The fourth-order valence-corrected chi connectivity index (χ4v) is 3.15. The van der Waals surface area contributed by atoms with Gasteiger partial charge < -0.3 is 4.90 Å². The predicted molar refractivity (Wildman–Crippen MR) is 79.1 cm³/mol. The number of rotatable bonds is 2. The lowest BCUT2D eigenvalue weighted by Gasteiger charge is -2.41. The lowest BCUT2D eigenvalue weighted by Crippen LogP contribution is -2.38. The van der Waals surface area contributed by atoms with E-state index in [4.69, 9.17) is 0 Å². The van der Waals surface area contributed by atoms with Crippen LogP contribution < -0.4 is 0 Å². The van der Waals surface area contributed by atoms with Gasteiger partial charge in [0, 0.05) is 13.0 Å². The summed E-state index contributed by atoms with van der Waals surface area (Å²) in [5, 5.41) is 0. The monoisotopic (exact) mass is 259 g/mol. The van der Waals surface area contributed by atoms with Crippen molar-refractivity contribution in [3.8, 4) is 0 Å². The fourth-order valence-electron chi connectivity index (χ4n) is 3.15. The Kier molecular flexibility index (Phi) is 3.71. The molecule has 1 aliphatic carbocycles. The average Bonchev–Trinajstić information content (AvgIpc) is 2.37. The van der Waals surface area contributed by atoms with Crippen LogP contribution in [-0.4, -0.2) is 17.9 Å². The first-order valence-electron chi connectivity index (χ1n) is 7.20. The molecule has 2 heteroatoms. The molecule has 0 N–H and O–H groups in total. The van der Waals surface area contributed by atoms with Crippen LogP contribution in [0.3, 0.4) is 0 Å². The number of benzene rings is 1. The molecule has 0 heterocycles. The minimum atomic E-state index is 0.0621. The fraction of sp³-hybridized carbons (Fsp3) is 0.588. The molecule has 0 radical (unpaired) electrons. The van der Waals surface area contributed by atoms with E-state index in [9.17, 15) is 4.79 Å². The largest absolute Gasteiger partial charge is 0.338 e. The lowest BCUT2D eigenvalue weighted by molar-refractivity contribution is -0.135. The van der Waals surface area contributed by atoms with E-state index in [2.05, 4.69) is 38.1 Å². The molecule has 2 nitrogen and oxygen atoms in total. The molecular weight excluding hydrogens is 234 g/mol. The lowest BCUT2D eigenvalue weighted by atomic mass is 9.70. The van der Waals surface area contributed by atoms with Gasteiger partial charge in [-0.1, -0.05) is 52.0 Å². The normalized spacial score (nSPS) is 21.1. The third-order valence-electron chi connectivity index (χ3n) is 4.40. The SMILES string of the molecule is CC(C)C(=O)N(C)C1CCC(C)(C)c2ccccc21. The standard InChI is InChI=1S/C17H25NO/c1-12(2)16(19)18(5)15-10-11-17(3,4)14-9-7-6-8-13(14)15/h6-9,12,15H,10-11H2,1-5H3. The first-order valence-corrected chi connectivity index (χ1v) is 7.20. The van der Waals surface area contributed by atoms with Crippen LogP contribution in [0.25, 0.3) is 0 Å². The Bertz CT molecular complexity index is 476. The second-order valence-corrected chi connectivity index (χ2v) is 6.63. The number of hydrogen-bond donors (Lipinski definition) is 0. The summed E-state index contributed by atoms with van der Waals surface area (Å²) in [6.07, 6.45) is 2.18. The maximum atomic E-state index is 12.2. The van der Waals surface area contributed by atoms with Crippen LogP contribution in [0, 0.1) is 5.92 Å². The molecule has 0 saturated carbocycles. The average molecular weight is 259 g/mol. The number of fused-ring (bicyclic) bond motifs is 1. The Hall–Kier alpha value is -1.31. The molecular formula is C17H25NO. The van der Waals surface area contributed by atoms with Gasteiger partial charge in [0.2, 0.25) is 5.91 Å². The second-order valence-electron chi connectivity index (χ2n) is 6.63. The van der Waals surface area contributed by atoms with E-state index >= 15 is 0 Å². The van der Waals surface area contributed by atoms with Crippen LogP contribution in [0.15, 0.2) is 24.3 Å². The Morgan fingerprint density at radius 1 is 1.32 bits per heavy atom. The minimum Gasteiger partial charge on any atom is -0.338 e. The zero-order valence-electron chi connectivity index (χ0n) is 12.7. The van der Waals surface area contributed by atoms with Crippen LogP contribution in [0.2, 0.25) is 0 Å². The molecule has 2 rings (SSSR count). The summed E-state index contributed by atoms with van der Waals surface area (Å²) in [6, 6.07) is 8.83. The zero-order valence-corrected chi connectivity index (χ0v) is 12.7. The molecule has 0 bridgehead atoms. The first kappa shape index (κ1) is 14.1. The summed E-state index contributed by atoms with van der Waals surface area (Å²) in [7, 11) is 1.95. The van der Waals surface area contributed by atoms with Crippen molar-refractivity contribution in [3.63, 3.8) is 0 Å². The van der Waals surface area contributed by atoms with E-state index in [0.29, 0.717) is 0 Å². The molecule has 0 fully saturated rings. The molecule has 1 amide bonds. The number of hydrogen-bond acceptors (Lipinski definition) is 1. The van der Waals surface area contributed by atoms with Crippen molar-refractivity contribution in [1.29, 1.82) is 0 Å².